The van der Waals surface area contributed by atoms with Gasteiger partial charge in [0, 0.05) is 55.9 Å². The minimum absolute atomic E-state index is 0. The Labute approximate surface area is 235 Å². The number of rotatable bonds is 9. The first-order valence-corrected chi connectivity index (χ1v) is 14.3. The second kappa shape index (κ2) is 12.7. The molecule has 2 aromatic carbocycles. The second-order valence-electron chi connectivity index (χ2n) is 9.37. The Bertz CT molecular complexity index is 1520. The summed E-state index contributed by atoms with van der Waals surface area (Å²) in [4.78, 5) is 10.3. The highest BCUT2D eigenvalue weighted by Crippen LogP contribution is 2.39. The van der Waals surface area contributed by atoms with Gasteiger partial charge in [0.1, 0.15) is 5.82 Å². The number of aromatic amines is 1. The van der Waals surface area contributed by atoms with E-state index in [2.05, 4.69) is 31.9 Å². The van der Waals surface area contributed by atoms with Gasteiger partial charge in [-0.3, -0.25) is 9.88 Å². The maximum absolute atomic E-state index is 13.6. The summed E-state index contributed by atoms with van der Waals surface area (Å²) in [5.41, 5.74) is 7.64. The normalized spacial score (nSPS) is 14.1. The Morgan fingerprint density at radius 3 is 2.36 bits per heavy atom. The fourth-order valence-corrected chi connectivity index (χ4v) is 5.94. The summed E-state index contributed by atoms with van der Waals surface area (Å²) in [7, 11) is -3.43. The summed E-state index contributed by atoms with van der Waals surface area (Å²) < 4.78 is 40.4. The number of hydrogen-bond donors (Lipinski definition) is 2. The molecule has 0 saturated heterocycles. The first-order chi connectivity index (χ1) is 18.4. The Kier molecular flexibility index (Phi) is 9.35. The van der Waals surface area contributed by atoms with Gasteiger partial charge >= 0.3 is 0 Å². The molecule has 0 atom stereocenters. The van der Waals surface area contributed by atoms with Crippen molar-refractivity contribution in [1.82, 2.24) is 19.6 Å². The zero-order valence-corrected chi connectivity index (χ0v) is 23.4. The molecular weight excluding hydrogens is 535 g/mol. The van der Waals surface area contributed by atoms with Crippen molar-refractivity contribution in [2.75, 3.05) is 26.2 Å². The summed E-state index contributed by atoms with van der Waals surface area (Å²) in [5, 5.41) is 0. The van der Waals surface area contributed by atoms with Gasteiger partial charge in [-0.25, -0.2) is 17.5 Å². The van der Waals surface area contributed by atoms with E-state index in [1.807, 2.05) is 24.3 Å². The monoisotopic (exact) mass is 566 g/mol. The van der Waals surface area contributed by atoms with Crippen molar-refractivity contribution in [2.45, 2.75) is 24.7 Å². The molecular formula is C30H32ClFN4O2S. The Morgan fingerprint density at radius 1 is 1.00 bits per heavy atom. The molecule has 6 nitrogen and oxygen atoms in total. The van der Waals surface area contributed by atoms with Gasteiger partial charge in [0.15, 0.2) is 0 Å². The van der Waals surface area contributed by atoms with Crippen molar-refractivity contribution in [3.8, 4) is 22.4 Å². The van der Waals surface area contributed by atoms with E-state index in [1.165, 1.54) is 17.7 Å². The number of sulfonamides is 1. The van der Waals surface area contributed by atoms with Crippen LogP contribution >= 0.6 is 12.4 Å². The van der Waals surface area contributed by atoms with Crippen LogP contribution in [0.5, 0.6) is 0 Å². The van der Waals surface area contributed by atoms with E-state index in [1.54, 1.807) is 43.6 Å². The summed E-state index contributed by atoms with van der Waals surface area (Å²) in [6, 6.07) is 17.7. The third-order valence-corrected chi connectivity index (χ3v) is 8.47. The largest absolute Gasteiger partial charge is 0.360 e. The van der Waals surface area contributed by atoms with Crippen molar-refractivity contribution < 1.29 is 12.8 Å². The van der Waals surface area contributed by atoms with Crippen molar-refractivity contribution in [1.29, 1.82) is 0 Å². The Hall–Kier alpha value is -3.30. The van der Waals surface area contributed by atoms with Crippen LogP contribution in [-0.2, 0) is 16.4 Å². The van der Waals surface area contributed by atoms with E-state index in [0.717, 1.165) is 66.0 Å². The summed E-state index contributed by atoms with van der Waals surface area (Å²) in [5.74, 6) is -0.254. The summed E-state index contributed by atoms with van der Waals surface area (Å²) in [6.07, 6.45) is 9.70. The number of H-pyrrole nitrogens is 1. The smallest absolute Gasteiger partial charge is 0.240 e. The van der Waals surface area contributed by atoms with Gasteiger partial charge in [0.05, 0.1) is 10.6 Å². The van der Waals surface area contributed by atoms with Gasteiger partial charge < -0.3 is 4.98 Å². The molecule has 3 heterocycles. The van der Waals surface area contributed by atoms with Crippen molar-refractivity contribution in [3.63, 3.8) is 0 Å². The predicted molar refractivity (Wildman–Crippen MR) is 157 cm³/mol. The Balaban J connectivity index is 0.00000353. The lowest BCUT2D eigenvalue weighted by molar-refractivity contribution is 0.306. The van der Waals surface area contributed by atoms with E-state index in [4.69, 9.17) is 0 Å². The maximum Gasteiger partial charge on any atom is 0.240 e. The fraction of sp³-hybridized carbons (Fsp3) is 0.233. The van der Waals surface area contributed by atoms with Crippen LogP contribution in [-0.4, -0.2) is 49.5 Å². The number of halogens is 2. The number of pyridine rings is 1. The standard InChI is InChI=1S/C30H31FN4O2S.ClH/c1-2-34-38(36,37)27-9-3-22(4-10-27)13-18-35-19-14-23(15-20-35)28-21-33-30(25-5-7-26(31)8-6-25)29(28)24-11-16-32-17-12-24;/h3-12,14,16-17,21,33-34H,2,13,15,18-20H2,1H3;1H. The number of nitrogens with one attached hydrogen (secondary N) is 2. The fourth-order valence-electron chi connectivity index (χ4n) is 4.89. The molecule has 0 radical (unpaired) electrons. The van der Waals surface area contributed by atoms with E-state index < -0.39 is 10.0 Å². The molecule has 0 unspecified atom stereocenters. The molecule has 204 valence electrons. The Morgan fingerprint density at radius 2 is 1.72 bits per heavy atom. The molecule has 5 rings (SSSR count). The van der Waals surface area contributed by atoms with Gasteiger partial charge in [-0.1, -0.05) is 25.1 Å². The van der Waals surface area contributed by atoms with Crippen molar-refractivity contribution in [2.24, 2.45) is 0 Å². The molecule has 0 fully saturated rings. The van der Waals surface area contributed by atoms with Crippen molar-refractivity contribution >= 4 is 28.0 Å². The lowest BCUT2D eigenvalue weighted by Crippen LogP contribution is -2.30. The molecule has 0 aliphatic carbocycles. The van der Waals surface area contributed by atoms with Crippen LogP contribution in [0.25, 0.3) is 28.0 Å². The SMILES string of the molecule is CCNS(=O)(=O)c1ccc(CCN2CC=C(c3c[nH]c(-c4ccc(F)cc4)c3-c3ccncc3)CC2)cc1.Cl. The number of benzene rings is 2. The van der Waals surface area contributed by atoms with Gasteiger partial charge in [-0.2, -0.15) is 0 Å². The van der Waals surface area contributed by atoms with Gasteiger partial charge in [-0.15, -0.1) is 12.4 Å². The highest BCUT2D eigenvalue weighted by atomic mass is 35.5. The van der Waals surface area contributed by atoms with Gasteiger partial charge in [-0.05, 0) is 83.6 Å². The summed E-state index contributed by atoms with van der Waals surface area (Å²) >= 11 is 0. The molecule has 0 amide bonds. The van der Waals surface area contributed by atoms with Crippen LogP contribution in [0, 0.1) is 5.82 Å². The van der Waals surface area contributed by atoms with Gasteiger partial charge in [0.2, 0.25) is 10.0 Å². The molecule has 2 N–H and O–H groups in total. The van der Waals surface area contributed by atoms with Crippen LogP contribution in [0.4, 0.5) is 4.39 Å². The molecule has 39 heavy (non-hydrogen) atoms. The zero-order valence-electron chi connectivity index (χ0n) is 21.7. The van der Waals surface area contributed by atoms with E-state index in [9.17, 15) is 12.8 Å². The van der Waals surface area contributed by atoms with E-state index in [0.29, 0.717) is 11.4 Å². The average Bonchev–Trinajstić information content (AvgIpc) is 3.38. The minimum Gasteiger partial charge on any atom is -0.360 e. The molecule has 1 aliphatic heterocycles. The quantitative estimate of drug-likeness (QED) is 0.263. The lowest BCUT2D eigenvalue weighted by atomic mass is 9.92. The molecule has 0 saturated carbocycles. The highest BCUT2D eigenvalue weighted by molar-refractivity contribution is 7.89. The van der Waals surface area contributed by atoms with Crippen LogP contribution in [0.1, 0.15) is 24.5 Å². The molecule has 9 heteroatoms. The number of hydrogen-bond acceptors (Lipinski definition) is 4. The van der Waals surface area contributed by atoms with Crippen LogP contribution in [0.3, 0.4) is 0 Å². The number of aromatic nitrogens is 2. The van der Waals surface area contributed by atoms with E-state index >= 15 is 0 Å². The highest BCUT2D eigenvalue weighted by Gasteiger charge is 2.21. The van der Waals surface area contributed by atoms with Crippen molar-refractivity contribution in [3.05, 3.63) is 102 Å². The molecule has 0 spiro atoms. The molecule has 4 aromatic rings. The van der Waals surface area contributed by atoms with Crippen LogP contribution in [0.2, 0.25) is 0 Å². The third kappa shape index (κ3) is 6.65. The molecule has 2 aromatic heterocycles. The first kappa shape index (κ1) is 28.7. The maximum atomic E-state index is 13.6. The summed E-state index contributed by atoms with van der Waals surface area (Å²) in [6.45, 7) is 4.81. The van der Waals surface area contributed by atoms with Gasteiger partial charge in [0.25, 0.3) is 0 Å². The first-order valence-electron chi connectivity index (χ1n) is 12.8. The third-order valence-electron chi connectivity index (χ3n) is 6.91. The molecule has 0 bridgehead atoms. The second-order valence-corrected chi connectivity index (χ2v) is 11.1. The molecule has 1 aliphatic rings. The lowest BCUT2D eigenvalue weighted by Gasteiger charge is -2.26. The number of nitrogens with zero attached hydrogens (tertiary/aromatic N) is 2. The van der Waals surface area contributed by atoms with E-state index in [-0.39, 0.29) is 18.2 Å². The van der Waals surface area contributed by atoms with Crippen LogP contribution in [0.15, 0.2) is 90.2 Å². The predicted octanol–water partition coefficient (Wildman–Crippen LogP) is 5.93. The average molecular weight is 567 g/mol. The zero-order chi connectivity index (χ0) is 26.5. The van der Waals surface area contributed by atoms with Crippen LogP contribution < -0.4 is 4.72 Å². The topological polar surface area (TPSA) is 78.1 Å². The minimum atomic E-state index is -3.43.